The molecule has 1 atom stereocenters. The second-order valence-electron chi connectivity index (χ2n) is 5.54. The molecule has 0 radical (unpaired) electrons. The molecule has 0 spiro atoms. The van der Waals surface area contributed by atoms with Gasteiger partial charge in [0.15, 0.2) is 0 Å². The van der Waals surface area contributed by atoms with Gasteiger partial charge in [-0.2, -0.15) is 0 Å². The number of hydrogen-bond acceptors (Lipinski definition) is 3. The van der Waals surface area contributed by atoms with Crippen molar-refractivity contribution in [3.8, 4) is 0 Å². The van der Waals surface area contributed by atoms with Crippen molar-refractivity contribution in [1.29, 1.82) is 0 Å². The van der Waals surface area contributed by atoms with Crippen LogP contribution in [0.3, 0.4) is 0 Å². The van der Waals surface area contributed by atoms with Crippen LogP contribution in [-0.2, 0) is 19.5 Å². The molecule has 0 aliphatic carbocycles. The Bertz CT molecular complexity index is 575. The fraction of sp³-hybridized carbons (Fsp3) is 0.438. The third-order valence-corrected chi connectivity index (χ3v) is 4.07. The molecule has 20 heavy (non-hydrogen) atoms. The molecule has 1 unspecified atom stereocenters. The Labute approximate surface area is 120 Å². The van der Waals surface area contributed by atoms with Crippen LogP contribution in [0.15, 0.2) is 36.8 Å². The molecule has 0 saturated heterocycles. The molecule has 1 aromatic heterocycles. The van der Waals surface area contributed by atoms with Gasteiger partial charge in [-0.25, -0.2) is 4.98 Å². The Balaban J connectivity index is 1.82. The molecule has 0 amide bonds. The smallest absolute Gasteiger partial charge is 0.0950 e. The van der Waals surface area contributed by atoms with Crippen molar-refractivity contribution in [3.63, 3.8) is 0 Å². The first kappa shape index (κ1) is 13.2. The van der Waals surface area contributed by atoms with Gasteiger partial charge in [0.1, 0.15) is 0 Å². The molecule has 2 N–H and O–H groups in total. The topological polar surface area (TPSA) is 47.1 Å². The maximum atomic E-state index is 5.58. The SMILES string of the molecule is CC1CCc2ccccc2N1Cc1cn(CCN)cn1. The lowest BCUT2D eigenvalue weighted by Crippen LogP contribution is -2.36. The first-order chi connectivity index (χ1) is 9.78. The quantitative estimate of drug-likeness (QED) is 0.926. The Morgan fingerprint density at radius 3 is 3.05 bits per heavy atom. The number of anilines is 1. The average Bonchev–Trinajstić information content (AvgIpc) is 2.90. The predicted octanol–water partition coefficient (Wildman–Crippen LogP) is 2.18. The zero-order chi connectivity index (χ0) is 13.9. The molecule has 0 fully saturated rings. The van der Waals surface area contributed by atoms with Crippen LogP contribution in [-0.4, -0.2) is 22.1 Å². The first-order valence-electron chi connectivity index (χ1n) is 7.33. The number of aromatic nitrogens is 2. The third kappa shape index (κ3) is 2.56. The zero-order valence-corrected chi connectivity index (χ0v) is 12.0. The van der Waals surface area contributed by atoms with Crippen molar-refractivity contribution in [1.82, 2.24) is 9.55 Å². The summed E-state index contributed by atoms with van der Waals surface area (Å²) in [5.41, 5.74) is 9.50. The number of imidazole rings is 1. The van der Waals surface area contributed by atoms with E-state index in [1.165, 1.54) is 24.1 Å². The lowest BCUT2D eigenvalue weighted by molar-refractivity contribution is 0.557. The van der Waals surface area contributed by atoms with Gasteiger partial charge in [-0.1, -0.05) is 18.2 Å². The molecule has 106 valence electrons. The van der Waals surface area contributed by atoms with Crippen LogP contribution in [0.2, 0.25) is 0 Å². The van der Waals surface area contributed by atoms with E-state index in [1.54, 1.807) is 0 Å². The van der Waals surface area contributed by atoms with E-state index in [1.807, 2.05) is 6.33 Å². The third-order valence-electron chi connectivity index (χ3n) is 4.07. The van der Waals surface area contributed by atoms with Gasteiger partial charge >= 0.3 is 0 Å². The van der Waals surface area contributed by atoms with Crippen LogP contribution in [0.25, 0.3) is 0 Å². The van der Waals surface area contributed by atoms with Crippen LogP contribution >= 0.6 is 0 Å². The normalized spacial score (nSPS) is 18.1. The summed E-state index contributed by atoms with van der Waals surface area (Å²) < 4.78 is 2.07. The predicted molar refractivity (Wildman–Crippen MR) is 81.7 cm³/mol. The highest BCUT2D eigenvalue weighted by molar-refractivity contribution is 5.56. The molecule has 1 aliphatic heterocycles. The summed E-state index contributed by atoms with van der Waals surface area (Å²) >= 11 is 0. The van der Waals surface area contributed by atoms with Crippen molar-refractivity contribution < 1.29 is 0 Å². The van der Waals surface area contributed by atoms with Gasteiger partial charge < -0.3 is 15.2 Å². The maximum Gasteiger partial charge on any atom is 0.0950 e. The monoisotopic (exact) mass is 270 g/mol. The highest BCUT2D eigenvalue weighted by atomic mass is 15.2. The number of fused-ring (bicyclic) bond motifs is 1. The summed E-state index contributed by atoms with van der Waals surface area (Å²) in [6, 6.07) is 9.27. The van der Waals surface area contributed by atoms with Gasteiger partial charge in [0.05, 0.1) is 18.6 Å². The molecule has 1 aliphatic rings. The molecule has 4 heteroatoms. The number of nitrogens with two attached hydrogens (primary N) is 1. The van der Waals surface area contributed by atoms with Crippen molar-refractivity contribution in [3.05, 3.63) is 48.0 Å². The highest BCUT2D eigenvalue weighted by Gasteiger charge is 2.23. The van der Waals surface area contributed by atoms with E-state index in [2.05, 4.69) is 51.8 Å². The fourth-order valence-corrected chi connectivity index (χ4v) is 2.94. The fourth-order valence-electron chi connectivity index (χ4n) is 2.94. The number of rotatable bonds is 4. The van der Waals surface area contributed by atoms with E-state index < -0.39 is 0 Å². The van der Waals surface area contributed by atoms with Gasteiger partial charge in [-0.05, 0) is 31.4 Å². The van der Waals surface area contributed by atoms with Gasteiger partial charge in [-0.15, -0.1) is 0 Å². The van der Waals surface area contributed by atoms with E-state index in [0.29, 0.717) is 12.6 Å². The average molecular weight is 270 g/mol. The molecule has 0 saturated carbocycles. The van der Waals surface area contributed by atoms with Crippen molar-refractivity contribution in [2.75, 3.05) is 11.4 Å². The van der Waals surface area contributed by atoms with E-state index in [-0.39, 0.29) is 0 Å². The van der Waals surface area contributed by atoms with Crippen LogP contribution in [0.1, 0.15) is 24.6 Å². The largest absolute Gasteiger partial charge is 0.363 e. The van der Waals surface area contributed by atoms with E-state index in [0.717, 1.165) is 18.8 Å². The number of hydrogen-bond donors (Lipinski definition) is 1. The molecule has 3 rings (SSSR count). The summed E-state index contributed by atoms with van der Waals surface area (Å²) in [4.78, 5) is 6.97. The lowest BCUT2D eigenvalue weighted by Gasteiger charge is -2.36. The maximum absolute atomic E-state index is 5.58. The Hall–Kier alpha value is -1.81. The van der Waals surface area contributed by atoms with Crippen LogP contribution in [0.4, 0.5) is 5.69 Å². The zero-order valence-electron chi connectivity index (χ0n) is 12.0. The molecule has 0 bridgehead atoms. The number of para-hydroxylation sites is 1. The van der Waals surface area contributed by atoms with Crippen molar-refractivity contribution >= 4 is 5.69 Å². The van der Waals surface area contributed by atoms with E-state index >= 15 is 0 Å². The lowest BCUT2D eigenvalue weighted by atomic mass is 9.96. The van der Waals surface area contributed by atoms with Crippen molar-refractivity contribution in [2.24, 2.45) is 5.73 Å². The summed E-state index contributed by atoms with van der Waals surface area (Å²) in [6.45, 7) is 4.65. The van der Waals surface area contributed by atoms with Gasteiger partial charge in [0, 0.05) is 31.0 Å². The van der Waals surface area contributed by atoms with Gasteiger partial charge in [0.25, 0.3) is 0 Å². The first-order valence-corrected chi connectivity index (χ1v) is 7.33. The van der Waals surface area contributed by atoms with Gasteiger partial charge in [-0.3, -0.25) is 0 Å². The van der Waals surface area contributed by atoms with Gasteiger partial charge in [0.2, 0.25) is 0 Å². The number of benzene rings is 1. The molecule has 2 heterocycles. The summed E-state index contributed by atoms with van der Waals surface area (Å²) in [6.07, 6.45) is 6.37. The van der Waals surface area contributed by atoms with E-state index in [9.17, 15) is 0 Å². The standard InChI is InChI=1S/C16H22N4/c1-13-6-7-14-4-2-3-5-16(14)20(13)11-15-10-19(9-8-17)12-18-15/h2-5,10,12-13H,6-9,11,17H2,1H3. The second kappa shape index (κ2) is 5.67. The number of aryl methyl sites for hydroxylation is 1. The Kier molecular flexibility index (Phi) is 3.74. The van der Waals surface area contributed by atoms with E-state index in [4.69, 9.17) is 5.73 Å². The van der Waals surface area contributed by atoms with Crippen LogP contribution in [0.5, 0.6) is 0 Å². The Morgan fingerprint density at radius 2 is 2.20 bits per heavy atom. The minimum atomic E-state index is 0.560. The molecule has 1 aromatic carbocycles. The van der Waals surface area contributed by atoms with Crippen LogP contribution in [0, 0.1) is 0 Å². The minimum Gasteiger partial charge on any atom is -0.363 e. The number of nitrogens with zero attached hydrogens (tertiary/aromatic N) is 3. The minimum absolute atomic E-state index is 0.560. The van der Waals surface area contributed by atoms with Crippen molar-refractivity contribution in [2.45, 2.75) is 38.9 Å². The molecular formula is C16H22N4. The summed E-state index contributed by atoms with van der Waals surface area (Å²) in [5.74, 6) is 0. The second-order valence-corrected chi connectivity index (χ2v) is 5.54. The van der Waals surface area contributed by atoms with Crippen LogP contribution < -0.4 is 10.6 Å². The molecule has 4 nitrogen and oxygen atoms in total. The molecule has 2 aromatic rings. The summed E-state index contributed by atoms with van der Waals surface area (Å²) in [7, 11) is 0. The Morgan fingerprint density at radius 1 is 1.35 bits per heavy atom. The highest BCUT2D eigenvalue weighted by Crippen LogP contribution is 2.31. The molecular weight excluding hydrogens is 248 g/mol. The summed E-state index contributed by atoms with van der Waals surface area (Å²) in [5, 5.41) is 0.